The SMILES string of the molecule is Cc1c(OCC(=O)NC(C)C)nc(C#N)c2c1CC(CNCCC1CN(c3ccc4c(n3)NC(=O)CO4)C(=O)O1)C2. The Labute approximate surface area is 237 Å². The van der Waals surface area contributed by atoms with Gasteiger partial charge in [-0.25, -0.2) is 14.8 Å². The quantitative estimate of drug-likeness (QED) is 0.361. The van der Waals surface area contributed by atoms with Crippen LogP contribution in [0.2, 0.25) is 0 Å². The highest BCUT2D eigenvalue weighted by Gasteiger charge is 2.34. The van der Waals surface area contributed by atoms with Gasteiger partial charge in [0.1, 0.15) is 23.7 Å². The number of carbonyl (C=O) groups excluding carboxylic acids is 3. The molecule has 0 spiro atoms. The molecule has 1 aliphatic carbocycles. The van der Waals surface area contributed by atoms with Crippen molar-refractivity contribution in [2.75, 3.05) is 43.1 Å². The highest BCUT2D eigenvalue weighted by Crippen LogP contribution is 2.35. The number of pyridine rings is 2. The van der Waals surface area contributed by atoms with E-state index in [0.29, 0.717) is 42.7 Å². The van der Waals surface area contributed by atoms with Crippen molar-refractivity contribution >= 4 is 29.5 Å². The molecule has 2 aliphatic heterocycles. The first kappa shape index (κ1) is 28.1. The summed E-state index contributed by atoms with van der Waals surface area (Å²) in [7, 11) is 0. The average Bonchev–Trinajstić information content (AvgIpc) is 3.53. The summed E-state index contributed by atoms with van der Waals surface area (Å²) < 4.78 is 16.5. The maximum atomic E-state index is 12.5. The molecule has 0 saturated carbocycles. The lowest BCUT2D eigenvalue weighted by molar-refractivity contribution is -0.123. The highest BCUT2D eigenvalue weighted by molar-refractivity contribution is 5.95. The zero-order chi connectivity index (χ0) is 29.1. The minimum atomic E-state index is -0.483. The van der Waals surface area contributed by atoms with E-state index in [4.69, 9.17) is 14.2 Å². The van der Waals surface area contributed by atoms with Crippen LogP contribution in [0.1, 0.15) is 42.7 Å². The second-order valence-electron chi connectivity index (χ2n) is 10.7. The Bertz CT molecular complexity index is 1410. The monoisotopic (exact) mass is 563 g/mol. The molecule has 216 valence electrons. The summed E-state index contributed by atoms with van der Waals surface area (Å²) in [4.78, 5) is 46.3. The lowest BCUT2D eigenvalue weighted by Gasteiger charge is -2.19. The van der Waals surface area contributed by atoms with Gasteiger partial charge in [-0.1, -0.05) is 0 Å². The molecule has 2 unspecified atom stereocenters. The zero-order valence-corrected chi connectivity index (χ0v) is 23.3. The van der Waals surface area contributed by atoms with Crippen molar-refractivity contribution in [3.05, 3.63) is 34.5 Å². The molecule has 13 heteroatoms. The van der Waals surface area contributed by atoms with Crippen molar-refractivity contribution in [2.24, 2.45) is 5.92 Å². The fraction of sp³-hybridized carbons (Fsp3) is 0.500. The summed E-state index contributed by atoms with van der Waals surface area (Å²) >= 11 is 0. The van der Waals surface area contributed by atoms with Crippen molar-refractivity contribution < 1.29 is 28.6 Å². The van der Waals surface area contributed by atoms with Gasteiger partial charge in [-0.2, -0.15) is 5.26 Å². The molecule has 13 nitrogen and oxygen atoms in total. The van der Waals surface area contributed by atoms with Crippen LogP contribution in [0.25, 0.3) is 0 Å². The van der Waals surface area contributed by atoms with Gasteiger partial charge in [0, 0.05) is 11.6 Å². The molecule has 4 heterocycles. The van der Waals surface area contributed by atoms with E-state index in [0.717, 1.165) is 36.1 Å². The molecule has 0 radical (unpaired) electrons. The van der Waals surface area contributed by atoms with Crippen LogP contribution in [0.15, 0.2) is 12.1 Å². The van der Waals surface area contributed by atoms with Crippen molar-refractivity contribution in [3.8, 4) is 17.7 Å². The summed E-state index contributed by atoms with van der Waals surface area (Å²) in [5, 5.41) is 18.6. The Morgan fingerprint density at radius 3 is 2.85 bits per heavy atom. The summed E-state index contributed by atoms with van der Waals surface area (Å²) in [6, 6.07) is 5.53. The number of amides is 3. The first-order valence-corrected chi connectivity index (χ1v) is 13.7. The molecule has 2 aromatic heterocycles. The lowest BCUT2D eigenvalue weighted by Crippen LogP contribution is -2.34. The summed E-state index contributed by atoms with van der Waals surface area (Å²) in [6.45, 7) is 7.16. The van der Waals surface area contributed by atoms with Gasteiger partial charge in [-0.15, -0.1) is 0 Å². The molecule has 3 aliphatic rings. The Kier molecular flexibility index (Phi) is 8.21. The molecule has 2 aromatic rings. The number of hydrogen-bond donors (Lipinski definition) is 3. The van der Waals surface area contributed by atoms with Gasteiger partial charge in [-0.05, 0) is 82.3 Å². The Balaban J connectivity index is 1.11. The van der Waals surface area contributed by atoms with Gasteiger partial charge < -0.3 is 30.2 Å². The molecule has 1 saturated heterocycles. The van der Waals surface area contributed by atoms with Crippen LogP contribution in [-0.2, 0) is 27.2 Å². The molecule has 0 bridgehead atoms. The number of nitrogens with one attached hydrogen (secondary N) is 3. The van der Waals surface area contributed by atoms with Crippen LogP contribution < -0.4 is 30.3 Å². The number of anilines is 2. The van der Waals surface area contributed by atoms with E-state index >= 15 is 0 Å². The van der Waals surface area contributed by atoms with E-state index in [2.05, 4.69) is 32.0 Å². The van der Waals surface area contributed by atoms with Gasteiger partial charge in [0.25, 0.3) is 11.8 Å². The smallest absolute Gasteiger partial charge is 0.415 e. The predicted octanol–water partition coefficient (Wildman–Crippen LogP) is 1.61. The molecule has 0 aromatic carbocycles. The number of cyclic esters (lactones) is 1. The van der Waals surface area contributed by atoms with E-state index in [1.54, 1.807) is 12.1 Å². The largest absolute Gasteiger partial charge is 0.480 e. The molecule has 2 atom stereocenters. The van der Waals surface area contributed by atoms with Gasteiger partial charge in [0.05, 0.1) is 6.54 Å². The third-order valence-corrected chi connectivity index (χ3v) is 7.20. The molecule has 3 amide bonds. The highest BCUT2D eigenvalue weighted by atomic mass is 16.6. The van der Waals surface area contributed by atoms with E-state index in [1.165, 1.54) is 4.90 Å². The Hall–Kier alpha value is -4.44. The minimum Gasteiger partial charge on any atom is -0.480 e. The van der Waals surface area contributed by atoms with Crippen LogP contribution in [-0.4, -0.2) is 72.9 Å². The number of aromatic nitrogens is 2. The normalized spacial score (nSPS) is 19.1. The third-order valence-electron chi connectivity index (χ3n) is 7.20. The van der Waals surface area contributed by atoms with Gasteiger partial charge in [0.15, 0.2) is 24.8 Å². The minimum absolute atomic E-state index is 0.00926. The average molecular weight is 564 g/mol. The third kappa shape index (κ3) is 6.33. The van der Waals surface area contributed by atoms with E-state index in [1.807, 2.05) is 20.8 Å². The number of ether oxygens (including phenoxy) is 3. The van der Waals surface area contributed by atoms with E-state index < -0.39 is 6.09 Å². The topological polar surface area (TPSA) is 168 Å². The number of nitriles is 1. The zero-order valence-electron chi connectivity index (χ0n) is 23.3. The van der Waals surface area contributed by atoms with Crippen molar-refractivity contribution in [2.45, 2.75) is 52.2 Å². The van der Waals surface area contributed by atoms with Crippen molar-refractivity contribution in [1.29, 1.82) is 5.26 Å². The van der Waals surface area contributed by atoms with Gasteiger partial charge in [-0.3, -0.25) is 14.5 Å². The molecule has 1 fully saturated rings. The van der Waals surface area contributed by atoms with Crippen LogP contribution in [0.4, 0.5) is 16.4 Å². The number of rotatable bonds is 10. The summed E-state index contributed by atoms with van der Waals surface area (Å²) in [6.07, 6.45) is 1.33. The maximum absolute atomic E-state index is 12.5. The standard InChI is InChI=1S/C28H33N7O6/c1-15(2)31-24(36)14-40-27-16(3)19-8-17(9-20(19)21(10-29)32-27)11-30-7-6-18-12-35(28(38)41-18)23-5-4-22-26(33-23)34-25(37)13-39-22/h4-5,15,17-18,30H,6-9,11-14H2,1-3H3,(H,31,36)(H,33,34,37). The molecule has 41 heavy (non-hydrogen) atoms. The molecule has 3 N–H and O–H groups in total. The molecular weight excluding hydrogens is 530 g/mol. The maximum Gasteiger partial charge on any atom is 0.415 e. The number of nitrogens with zero attached hydrogens (tertiary/aromatic N) is 4. The van der Waals surface area contributed by atoms with Crippen LogP contribution in [0.3, 0.4) is 0 Å². The summed E-state index contributed by atoms with van der Waals surface area (Å²) in [5.74, 6) is 1.20. The van der Waals surface area contributed by atoms with E-state index in [-0.39, 0.29) is 48.9 Å². The number of fused-ring (bicyclic) bond motifs is 2. The molecule has 5 rings (SSSR count). The second-order valence-corrected chi connectivity index (χ2v) is 10.7. The lowest BCUT2D eigenvalue weighted by atomic mass is 10.0. The first-order chi connectivity index (χ1) is 19.7. The van der Waals surface area contributed by atoms with Gasteiger partial charge >= 0.3 is 6.09 Å². The fourth-order valence-corrected chi connectivity index (χ4v) is 5.30. The fourth-order valence-electron chi connectivity index (χ4n) is 5.30. The van der Waals surface area contributed by atoms with Crippen LogP contribution in [0.5, 0.6) is 11.6 Å². The van der Waals surface area contributed by atoms with Gasteiger partial charge in [0.2, 0.25) is 5.88 Å². The Morgan fingerprint density at radius 2 is 2.07 bits per heavy atom. The second kappa shape index (κ2) is 12.0. The Morgan fingerprint density at radius 1 is 1.27 bits per heavy atom. The van der Waals surface area contributed by atoms with E-state index in [9.17, 15) is 19.6 Å². The van der Waals surface area contributed by atoms with Crippen molar-refractivity contribution in [3.63, 3.8) is 0 Å². The number of carbonyl (C=O) groups is 3. The number of hydrogen-bond acceptors (Lipinski definition) is 10. The van der Waals surface area contributed by atoms with Crippen LogP contribution in [0, 0.1) is 24.2 Å². The first-order valence-electron chi connectivity index (χ1n) is 13.7. The van der Waals surface area contributed by atoms with Crippen molar-refractivity contribution in [1.82, 2.24) is 20.6 Å². The van der Waals surface area contributed by atoms with Crippen LogP contribution >= 0.6 is 0 Å². The molecular formula is C28H33N7O6. The summed E-state index contributed by atoms with van der Waals surface area (Å²) in [5.41, 5.74) is 3.20. The predicted molar refractivity (Wildman–Crippen MR) is 147 cm³/mol.